The van der Waals surface area contributed by atoms with E-state index in [4.69, 9.17) is 9.84 Å². The van der Waals surface area contributed by atoms with E-state index >= 15 is 0 Å². The van der Waals surface area contributed by atoms with Gasteiger partial charge in [-0.05, 0) is 18.8 Å². The van der Waals surface area contributed by atoms with E-state index in [0.29, 0.717) is 12.5 Å². The molecular formula is C15H26N2O4. The van der Waals surface area contributed by atoms with Crippen molar-refractivity contribution in [2.45, 2.75) is 51.1 Å². The molecule has 2 aliphatic rings. The number of aliphatic carboxylic acids is 1. The van der Waals surface area contributed by atoms with Crippen LogP contribution in [0.15, 0.2) is 0 Å². The standard InChI is InChI=1S/C15H26N2O4/c1-3-10-5-4-6-11(7-10)16-15(20)17(2)13-9-21-8-12(13)14(18)19/h10-13H,3-9H2,1-2H3,(H,16,20)(H,18,19). The highest BCUT2D eigenvalue weighted by atomic mass is 16.5. The lowest BCUT2D eigenvalue weighted by molar-refractivity contribution is -0.142. The predicted molar refractivity (Wildman–Crippen MR) is 78.1 cm³/mol. The molecule has 0 aromatic rings. The Morgan fingerprint density at radius 2 is 2.10 bits per heavy atom. The van der Waals surface area contributed by atoms with Gasteiger partial charge in [-0.15, -0.1) is 0 Å². The largest absolute Gasteiger partial charge is 0.481 e. The Morgan fingerprint density at radius 1 is 1.33 bits per heavy atom. The van der Waals surface area contributed by atoms with Crippen LogP contribution in [0.5, 0.6) is 0 Å². The minimum absolute atomic E-state index is 0.180. The first kappa shape index (κ1) is 16.1. The van der Waals surface area contributed by atoms with Gasteiger partial charge < -0.3 is 20.1 Å². The predicted octanol–water partition coefficient (Wildman–Crippen LogP) is 1.70. The number of rotatable bonds is 4. The maximum Gasteiger partial charge on any atom is 0.317 e. The number of nitrogens with one attached hydrogen (secondary N) is 1. The van der Waals surface area contributed by atoms with Crippen LogP contribution in [0.1, 0.15) is 39.0 Å². The smallest absolute Gasteiger partial charge is 0.317 e. The van der Waals surface area contributed by atoms with Crippen molar-refractivity contribution in [1.82, 2.24) is 10.2 Å². The van der Waals surface area contributed by atoms with Crippen LogP contribution in [0.2, 0.25) is 0 Å². The second-order valence-electron chi connectivity index (χ2n) is 6.25. The van der Waals surface area contributed by atoms with Crippen molar-refractivity contribution in [1.29, 1.82) is 0 Å². The average molecular weight is 298 g/mol. The van der Waals surface area contributed by atoms with Crippen LogP contribution in [0.25, 0.3) is 0 Å². The molecule has 1 aliphatic heterocycles. The van der Waals surface area contributed by atoms with Gasteiger partial charge in [0.1, 0.15) is 5.92 Å². The summed E-state index contributed by atoms with van der Waals surface area (Å²) in [6.45, 7) is 2.66. The van der Waals surface area contributed by atoms with Gasteiger partial charge in [0, 0.05) is 13.1 Å². The Labute approximate surface area is 125 Å². The van der Waals surface area contributed by atoms with E-state index in [-0.39, 0.29) is 24.7 Å². The maximum absolute atomic E-state index is 12.3. The quantitative estimate of drug-likeness (QED) is 0.828. The minimum atomic E-state index is -0.902. The fourth-order valence-corrected chi connectivity index (χ4v) is 3.38. The van der Waals surface area contributed by atoms with Crippen LogP contribution in [0.4, 0.5) is 4.79 Å². The topological polar surface area (TPSA) is 78.9 Å². The van der Waals surface area contributed by atoms with Gasteiger partial charge in [-0.1, -0.05) is 26.2 Å². The molecule has 2 N–H and O–H groups in total. The third-order valence-corrected chi connectivity index (χ3v) is 4.87. The van der Waals surface area contributed by atoms with E-state index in [2.05, 4.69) is 12.2 Å². The van der Waals surface area contributed by atoms with E-state index in [1.165, 1.54) is 11.3 Å². The number of carbonyl (C=O) groups excluding carboxylic acids is 1. The zero-order valence-corrected chi connectivity index (χ0v) is 12.9. The summed E-state index contributed by atoms with van der Waals surface area (Å²) in [5.41, 5.74) is 0. The summed E-state index contributed by atoms with van der Waals surface area (Å²) in [7, 11) is 1.66. The lowest BCUT2D eigenvalue weighted by Crippen LogP contribution is -2.51. The van der Waals surface area contributed by atoms with Gasteiger partial charge in [0.05, 0.1) is 19.3 Å². The van der Waals surface area contributed by atoms with Crippen LogP contribution >= 0.6 is 0 Å². The number of nitrogens with zero attached hydrogens (tertiary/aromatic N) is 1. The number of carboxylic acid groups (broad SMARTS) is 1. The molecule has 1 aliphatic carbocycles. The van der Waals surface area contributed by atoms with Crippen molar-refractivity contribution in [2.24, 2.45) is 11.8 Å². The molecule has 1 saturated carbocycles. The number of hydrogen-bond donors (Lipinski definition) is 2. The molecule has 0 aromatic carbocycles. The minimum Gasteiger partial charge on any atom is -0.481 e. The first-order valence-electron chi connectivity index (χ1n) is 7.86. The van der Waals surface area contributed by atoms with Gasteiger partial charge >= 0.3 is 12.0 Å². The van der Waals surface area contributed by atoms with Crippen molar-refractivity contribution in [3.63, 3.8) is 0 Å². The molecule has 2 fully saturated rings. The first-order valence-corrected chi connectivity index (χ1v) is 7.86. The number of likely N-dealkylation sites (N-methyl/N-ethyl adjacent to an activating group) is 1. The summed E-state index contributed by atoms with van der Waals surface area (Å²) in [6.07, 6.45) is 5.59. The van der Waals surface area contributed by atoms with Crippen LogP contribution in [0, 0.1) is 11.8 Å². The summed E-state index contributed by atoms with van der Waals surface area (Å²) >= 11 is 0. The van der Waals surface area contributed by atoms with E-state index in [9.17, 15) is 9.59 Å². The van der Waals surface area contributed by atoms with E-state index in [0.717, 1.165) is 25.7 Å². The molecule has 2 rings (SSSR count). The fraction of sp³-hybridized carbons (Fsp3) is 0.867. The Hall–Kier alpha value is -1.30. The van der Waals surface area contributed by atoms with Gasteiger partial charge in [0.2, 0.25) is 0 Å². The Bertz CT molecular complexity index is 388. The maximum atomic E-state index is 12.3. The highest BCUT2D eigenvalue weighted by Gasteiger charge is 2.39. The summed E-state index contributed by atoms with van der Waals surface area (Å²) in [5.74, 6) is -0.840. The number of carboxylic acids is 1. The van der Waals surface area contributed by atoms with Crippen molar-refractivity contribution >= 4 is 12.0 Å². The van der Waals surface area contributed by atoms with Gasteiger partial charge in [-0.2, -0.15) is 0 Å². The Kier molecular flexibility index (Phi) is 5.45. The van der Waals surface area contributed by atoms with Crippen LogP contribution in [-0.2, 0) is 9.53 Å². The van der Waals surface area contributed by atoms with Crippen molar-refractivity contribution in [3.8, 4) is 0 Å². The second kappa shape index (κ2) is 7.11. The zero-order chi connectivity index (χ0) is 15.4. The van der Waals surface area contributed by atoms with Crippen LogP contribution in [0.3, 0.4) is 0 Å². The molecule has 0 radical (unpaired) electrons. The van der Waals surface area contributed by atoms with Crippen LogP contribution < -0.4 is 5.32 Å². The highest BCUT2D eigenvalue weighted by Crippen LogP contribution is 2.27. The number of urea groups is 1. The van der Waals surface area contributed by atoms with Crippen molar-refractivity contribution in [3.05, 3.63) is 0 Å². The molecular weight excluding hydrogens is 272 g/mol. The highest BCUT2D eigenvalue weighted by molar-refractivity contribution is 5.77. The first-order chi connectivity index (χ1) is 10.0. The summed E-state index contributed by atoms with van der Waals surface area (Å²) in [6, 6.07) is -0.351. The van der Waals surface area contributed by atoms with Gasteiger partial charge in [-0.25, -0.2) is 4.79 Å². The molecule has 2 amide bonds. The lowest BCUT2D eigenvalue weighted by Gasteiger charge is -2.32. The van der Waals surface area contributed by atoms with Gasteiger partial charge in [-0.3, -0.25) is 4.79 Å². The molecule has 0 spiro atoms. The van der Waals surface area contributed by atoms with Crippen LogP contribution in [-0.4, -0.2) is 54.4 Å². The lowest BCUT2D eigenvalue weighted by atomic mass is 9.84. The SMILES string of the molecule is CCC1CCCC(NC(=O)N(C)C2COCC2C(=O)O)C1. The molecule has 6 heteroatoms. The molecule has 6 nitrogen and oxygen atoms in total. The Balaban J connectivity index is 1.88. The number of amides is 2. The van der Waals surface area contributed by atoms with E-state index < -0.39 is 11.9 Å². The van der Waals surface area contributed by atoms with Crippen molar-refractivity contribution in [2.75, 3.05) is 20.3 Å². The summed E-state index contributed by atoms with van der Waals surface area (Å²) in [4.78, 5) is 25.0. The van der Waals surface area contributed by atoms with Crippen molar-refractivity contribution < 1.29 is 19.4 Å². The molecule has 4 unspecified atom stereocenters. The summed E-state index contributed by atoms with van der Waals surface area (Å²) < 4.78 is 5.22. The molecule has 1 heterocycles. The number of ether oxygens (including phenoxy) is 1. The zero-order valence-electron chi connectivity index (χ0n) is 12.9. The molecule has 4 atom stereocenters. The molecule has 120 valence electrons. The molecule has 21 heavy (non-hydrogen) atoms. The molecule has 0 bridgehead atoms. The Morgan fingerprint density at radius 3 is 2.76 bits per heavy atom. The third kappa shape index (κ3) is 3.87. The molecule has 1 saturated heterocycles. The molecule has 0 aromatic heterocycles. The number of carbonyl (C=O) groups is 2. The van der Waals surface area contributed by atoms with E-state index in [1.54, 1.807) is 7.05 Å². The van der Waals surface area contributed by atoms with E-state index in [1.807, 2.05) is 0 Å². The normalized spacial score (nSPS) is 32.7. The third-order valence-electron chi connectivity index (χ3n) is 4.87. The average Bonchev–Trinajstić information content (AvgIpc) is 2.96. The second-order valence-corrected chi connectivity index (χ2v) is 6.25. The van der Waals surface area contributed by atoms with Gasteiger partial charge in [0.25, 0.3) is 0 Å². The fourth-order valence-electron chi connectivity index (χ4n) is 3.38. The monoisotopic (exact) mass is 298 g/mol. The van der Waals surface area contributed by atoms with Gasteiger partial charge in [0.15, 0.2) is 0 Å². The number of hydrogen-bond acceptors (Lipinski definition) is 3. The summed E-state index contributed by atoms with van der Waals surface area (Å²) in [5, 5.41) is 12.2.